The van der Waals surface area contributed by atoms with E-state index in [9.17, 15) is 14.0 Å². The number of nitrogens with one attached hydrogen (secondary N) is 1. The van der Waals surface area contributed by atoms with Gasteiger partial charge < -0.3 is 14.8 Å². The molecule has 0 heterocycles. The molecule has 1 aromatic carbocycles. The first-order valence-electron chi connectivity index (χ1n) is 9.34. The Morgan fingerprint density at radius 1 is 1.30 bits per heavy atom. The molecule has 1 N–H and O–H groups in total. The molecule has 5 nitrogen and oxygen atoms in total. The van der Waals surface area contributed by atoms with Crippen LogP contribution in [-0.2, 0) is 14.3 Å². The summed E-state index contributed by atoms with van der Waals surface area (Å²) in [7, 11) is 1.38. The number of methoxy groups -OCH3 is 1. The van der Waals surface area contributed by atoms with Crippen molar-refractivity contribution in [2.24, 2.45) is 11.8 Å². The SMILES string of the molecule is COc1ccc(/C=C/C(=O)O[C@H](C)C(=O)N[C@H]2CCC[C@@H](C)[C@H]2C)cc1F. The largest absolute Gasteiger partial charge is 0.494 e. The monoisotopic (exact) mass is 377 g/mol. The Kier molecular flexibility index (Phi) is 7.39. The molecule has 1 fully saturated rings. The maximum Gasteiger partial charge on any atom is 0.331 e. The van der Waals surface area contributed by atoms with Crippen LogP contribution in [0.25, 0.3) is 6.08 Å². The van der Waals surface area contributed by atoms with E-state index in [0.717, 1.165) is 12.8 Å². The van der Waals surface area contributed by atoms with Gasteiger partial charge in [-0.15, -0.1) is 0 Å². The Bertz CT molecular complexity index is 703. The molecule has 1 amide bonds. The van der Waals surface area contributed by atoms with E-state index >= 15 is 0 Å². The Labute approximate surface area is 159 Å². The minimum absolute atomic E-state index is 0.111. The highest BCUT2D eigenvalue weighted by Gasteiger charge is 2.29. The van der Waals surface area contributed by atoms with Crippen molar-refractivity contribution < 1.29 is 23.5 Å². The minimum Gasteiger partial charge on any atom is -0.494 e. The zero-order valence-electron chi connectivity index (χ0n) is 16.3. The molecular weight excluding hydrogens is 349 g/mol. The van der Waals surface area contributed by atoms with Crippen LogP contribution in [0.5, 0.6) is 5.75 Å². The van der Waals surface area contributed by atoms with Crippen LogP contribution < -0.4 is 10.1 Å². The number of rotatable bonds is 6. The van der Waals surface area contributed by atoms with E-state index in [-0.39, 0.29) is 17.7 Å². The van der Waals surface area contributed by atoms with E-state index in [4.69, 9.17) is 9.47 Å². The molecule has 1 saturated carbocycles. The van der Waals surface area contributed by atoms with Gasteiger partial charge in [0, 0.05) is 12.1 Å². The lowest BCUT2D eigenvalue weighted by atomic mass is 9.78. The van der Waals surface area contributed by atoms with Crippen LogP contribution in [-0.4, -0.2) is 31.1 Å². The summed E-state index contributed by atoms with van der Waals surface area (Å²) in [4.78, 5) is 24.3. The molecule has 1 aliphatic rings. The molecule has 6 heteroatoms. The third kappa shape index (κ3) is 5.81. The molecule has 0 saturated heterocycles. The lowest BCUT2D eigenvalue weighted by Gasteiger charge is -2.35. The van der Waals surface area contributed by atoms with Crippen molar-refractivity contribution in [3.63, 3.8) is 0 Å². The van der Waals surface area contributed by atoms with E-state index in [0.29, 0.717) is 17.4 Å². The average Bonchev–Trinajstić information content (AvgIpc) is 2.63. The summed E-state index contributed by atoms with van der Waals surface area (Å²) < 4.78 is 23.6. The van der Waals surface area contributed by atoms with E-state index in [1.54, 1.807) is 13.0 Å². The van der Waals surface area contributed by atoms with Crippen molar-refractivity contribution in [1.82, 2.24) is 5.32 Å². The molecule has 1 aromatic rings. The summed E-state index contributed by atoms with van der Waals surface area (Å²) in [5, 5.41) is 2.99. The van der Waals surface area contributed by atoms with E-state index in [1.165, 1.54) is 37.8 Å². The second-order valence-corrected chi connectivity index (χ2v) is 7.19. The van der Waals surface area contributed by atoms with Crippen LogP contribution in [0.1, 0.15) is 45.6 Å². The van der Waals surface area contributed by atoms with Gasteiger partial charge in [-0.25, -0.2) is 9.18 Å². The first-order chi connectivity index (χ1) is 12.8. The number of carbonyl (C=O) groups excluding carboxylic acids is 2. The first-order valence-corrected chi connectivity index (χ1v) is 9.34. The molecule has 148 valence electrons. The number of hydrogen-bond donors (Lipinski definition) is 1. The van der Waals surface area contributed by atoms with Gasteiger partial charge in [-0.2, -0.15) is 0 Å². The number of amides is 1. The fraction of sp³-hybridized carbons (Fsp3) is 0.524. The second-order valence-electron chi connectivity index (χ2n) is 7.19. The van der Waals surface area contributed by atoms with Gasteiger partial charge in [0.2, 0.25) is 0 Å². The lowest BCUT2D eigenvalue weighted by Crippen LogP contribution is -2.47. The number of benzene rings is 1. The van der Waals surface area contributed by atoms with Crippen LogP contribution in [0.4, 0.5) is 4.39 Å². The van der Waals surface area contributed by atoms with Crippen LogP contribution in [0.2, 0.25) is 0 Å². The van der Waals surface area contributed by atoms with Crippen LogP contribution in [0.15, 0.2) is 24.3 Å². The van der Waals surface area contributed by atoms with Crippen molar-refractivity contribution >= 4 is 18.0 Å². The highest BCUT2D eigenvalue weighted by molar-refractivity contribution is 5.90. The molecule has 0 unspecified atom stereocenters. The summed E-state index contributed by atoms with van der Waals surface area (Å²) in [6.45, 7) is 5.88. The van der Waals surface area contributed by atoms with Gasteiger partial charge >= 0.3 is 5.97 Å². The van der Waals surface area contributed by atoms with E-state index < -0.39 is 17.9 Å². The average molecular weight is 377 g/mol. The third-order valence-electron chi connectivity index (χ3n) is 5.28. The summed E-state index contributed by atoms with van der Waals surface area (Å²) in [6, 6.07) is 4.46. The molecule has 0 aliphatic heterocycles. The van der Waals surface area contributed by atoms with Crippen molar-refractivity contribution in [2.45, 2.75) is 52.2 Å². The van der Waals surface area contributed by atoms with Crippen molar-refractivity contribution in [3.8, 4) is 5.75 Å². The quantitative estimate of drug-likeness (QED) is 0.606. The number of esters is 1. The summed E-state index contributed by atoms with van der Waals surface area (Å²) >= 11 is 0. The van der Waals surface area contributed by atoms with Gasteiger partial charge in [0.25, 0.3) is 5.91 Å². The van der Waals surface area contributed by atoms with Crippen molar-refractivity contribution in [3.05, 3.63) is 35.7 Å². The zero-order valence-corrected chi connectivity index (χ0v) is 16.3. The Morgan fingerprint density at radius 3 is 2.70 bits per heavy atom. The molecular formula is C21H28FNO4. The fourth-order valence-electron chi connectivity index (χ4n) is 3.30. The highest BCUT2D eigenvalue weighted by Crippen LogP contribution is 2.29. The molecule has 0 aromatic heterocycles. The molecule has 4 atom stereocenters. The predicted octanol–water partition coefficient (Wildman–Crippen LogP) is 3.72. The Hall–Kier alpha value is -2.37. The zero-order chi connectivity index (χ0) is 20.0. The first kappa shape index (κ1) is 20.9. The summed E-state index contributed by atoms with van der Waals surface area (Å²) in [6.07, 6.45) is 4.93. The normalized spacial score (nSPS) is 23.7. The van der Waals surface area contributed by atoms with Crippen molar-refractivity contribution in [1.29, 1.82) is 0 Å². The Balaban J connectivity index is 1.87. The second kappa shape index (κ2) is 9.53. The van der Waals surface area contributed by atoms with Gasteiger partial charge in [0.15, 0.2) is 17.7 Å². The number of ether oxygens (including phenoxy) is 2. The highest BCUT2D eigenvalue weighted by atomic mass is 19.1. The van der Waals surface area contributed by atoms with Gasteiger partial charge in [-0.05, 0) is 49.0 Å². The number of carbonyl (C=O) groups is 2. The van der Waals surface area contributed by atoms with E-state index in [1.807, 2.05) is 0 Å². The van der Waals surface area contributed by atoms with Gasteiger partial charge in [0.05, 0.1) is 7.11 Å². The lowest BCUT2D eigenvalue weighted by molar-refractivity contribution is -0.150. The van der Waals surface area contributed by atoms with Gasteiger partial charge in [-0.3, -0.25) is 4.79 Å². The van der Waals surface area contributed by atoms with Crippen molar-refractivity contribution in [2.75, 3.05) is 7.11 Å². The number of halogens is 1. The maximum absolute atomic E-state index is 13.6. The smallest absolute Gasteiger partial charge is 0.331 e. The molecule has 2 rings (SSSR count). The molecule has 27 heavy (non-hydrogen) atoms. The molecule has 0 bridgehead atoms. The van der Waals surface area contributed by atoms with Gasteiger partial charge in [-0.1, -0.05) is 32.8 Å². The van der Waals surface area contributed by atoms with Crippen LogP contribution >= 0.6 is 0 Å². The minimum atomic E-state index is -0.890. The van der Waals surface area contributed by atoms with Gasteiger partial charge in [0.1, 0.15) is 0 Å². The fourth-order valence-corrected chi connectivity index (χ4v) is 3.30. The van der Waals surface area contributed by atoms with Crippen LogP contribution in [0, 0.1) is 17.7 Å². The molecule has 1 aliphatic carbocycles. The third-order valence-corrected chi connectivity index (χ3v) is 5.28. The van der Waals surface area contributed by atoms with Crippen LogP contribution in [0.3, 0.4) is 0 Å². The number of hydrogen-bond acceptors (Lipinski definition) is 4. The molecule has 0 radical (unpaired) electrons. The maximum atomic E-state index is 13.6. The summed E-state index contributed by atoms with van der Waals surface area (Å²) in [5.41, 5.74) is 0.493. The predicted molar refractivity (Wildman–Crippen MR) is 102 cm³/mol. The topological polar surface area (TPSA) is 64.6 Å². The standard InChI is InChI=1S/C21H28FNO4/c1-13-6-5-7-18(14(13)2)23-21(25)15(3)27-20(24)11-9-16-8-10-19(26-4)17(22)12-16/h8-15,18H,5-7H2,1-4H3,(H,23,25)/b11-9+/t13-,14-,15-,18+/m1/s1. The summed E-state index contributed by atoms with van der Waals surface area (Å²) in [5.74, 6) is -0.370. The van der Waals surface area contributed by atoms with E-state index in [2.05, 4.69) is 19.2 Å². The Morgan fingerprint density at radius 2 is 2.04 bits per heavy atom. The molecule has 0 spiro atoms.